The minimum absolute atomic E-state index is 0.402. The zero-order valence-corrected chi connectivity index (χ0v) is 13.0. The van der Waals surface area contributed by atoms with Crippen molar-refractivity contribution < 1.29 is 14.3 Å². The summed E-state index contributed by atoms with van der Waals surface area (Å²) in [6, 6.07) is 9.75. The number of alkyl halides is 1. The van der Waals surface area contributed by atoms with Crippen LogP contribution >= 0.6 is 23.2 Å². The molecule has 0 saturated carbocycles. The summed E-state index contributed by atoms with van der Waals surface area (Å²) >= 11 is 12.7. The van der Waals surface area contributed by atoms with Crippen LogP contribution in [0.4, 0.5) is 5.69 Å². The maximum Gasteiger partial charge on any atom is 0.254 e. The fourth-order valence-electron chi connectivity index (χ4n) is 2.58. The first-order chi connectivity index (χ1) is 10.5. The number of benzene rings is 2. The standard InChI is InChI=1S/C16H11Cl2NO3/c1-22-14-5-2-9(8-20)6-12(14)16(18)11-7-10(17)3-4-13(11)19-15(16)21/h2-8H,1H3,(H,19,21). The van der Waals surface area contributed by atoms with Crippen molar-refractivity contribution in [2.24, 2.45) is 0 Å². The molecule has 0 saturated heterocycles. The zero-order chi connectivity index (χ0) is 15.9. The Labute approximate surface area is 137 Å². The molecule has 1 aliphatic rings. The second-order valence-corrected chi connectivity index (χ2v) is 5.88. The van der Waals surface area contributed by atoms with E-state index in [9.17, 15) is 9.59 Å². The van der Waals surface area contributed by atoms with Gasteiger partial charge in [-0.2, -0.15) is 0 Å². The van der Waals surface area contributed by atoms with Crippen LogP contribution in [0, 0.1) is 0 Å². The van der Waals surface area contributed by atoms with E-state index in [1.807, 2.05) is 0 Å². The van der Waals surface area contributed by atoms with E-state index >= 15 is 0 Å². The van der Waals surface area contributed by atoms with Crippen molar-refractivity contribution in [3.05, 3.63) is 58.1 Å². The Balaban J connectivity index is 2.29. The summed E-state index contributed by atoms with van der Waals surface area (Å²) in [7, 11) is 1.48. The summed E-state index contributed by atoms with van der Waals surface area (Å²) < 4.78 is 5.30. The normalized spacial score (nSPS) is 19.5. The van der Waals surface area contributed by atoms with Crippen LogP contribution in [0.1, 0.15) is 21.5 Å². The van der Waals surface area contributed by atoms with Crippen LogP contribution < -0.4 is 10.1 Å². The number of anilines is 1. The fraction of sp³-hybridized carbons (Fsp3) is 0.125. The van der Waals surface area contributed by atoms with Gasteiger partial charge in [-0.3, -0.25) is 9.59 Å². The Morgan fingerprint density at radius 2 is 1.95 bits per heavy atom. The number of nitrogens with one attached hydrogen (secondary N) is 1. The minimum atomic E-state index is -1.50. The van der Waals surface area contributed by atoms with Gasteiger partial charge in [0.05, 0.1) is 7.11 Å². The van der Waals surface area contributed by atoms with Crippen molar-refractivity contribution in [3.8, 4) is 5.75 Å². The lowest BCUT2D eigenvalue weighted by atomic mass is 9.89. The van der Waals surface area contributed by atoms with Gasteiger partial charge < -0.3 is 10.1 Å². The quantitative estimate of drug-likeness (QED) is 0.688. The lowest BCUT2D eigenvalue weighted by molar-refractivity contribution is -0.117. The molecule has 0 spiro atoms. The third-order valence-electron chi connectivity index (χ3n) is 3.64. The Morgan fingerprint density at radius 1 is 1.18 bits per heavy atom. The summed E-state index contributed by atoms with van der Waals surface area (Å²) in [4.78, 5) is 22.1. The molecule has 1 heterocycles. The van der Waals surface area contributed by atoms with E-state index in [0.29, 0.717) is 39.4 Å². The second-order valence-electron chi connectivity index (χ2n) is 4.88. The van der Waals surface area contributed by atoms with E-state index in [-0.39, 0.29) is 0 Å². The fourth-order valence-corrected chi connectivity index (χ4v) is 3.10. The Hall–Kier alpha value is -2.04. The highest BCUT2D eigenvalue weighted by atomic mass is 35.5. The lowest BCUT2D eigenvalue weighted by Gasteiger charge is -2.23. The van der Waals surface area contributed by atoms with Gasteiger partial charge in [0.15, 0.2) is 4.87 Å². The maximum absolute atomic E-state index is 12.5. The zero-order valence-electron chi connectivity index (χ0n) is 11.5. The topological polar surface area (TPSA) is 55.4 Å². The Kier molecular flexibility index (Phi) is 3.59. The first-order valence-electron chi connectivity index (χ1n) is 6.44. The van der Waals surface area contributed by atoms with Crippen LogP contribution in [0.5, 0.6) is 5.75 Å². The van der Waals surface area contributed by atoms with Crippen LogP contribution in [0.25, 0.3) is 0 Å². The maximum atomic E-state index is 12.5. The van der Waals surface area contributed by atoms with Gasteiger partial charge in [-0.1, -0.05) is 23.2 Å². The lowest BCUT2D eigenvalue weighted by Crippen LogP contribution is -2.30. The van der Waals surface area contributed by atoms with Crippen LogP contribution in [0.3, 0.4) is 0 Å². The number of hydrogen-bond donors (Lipinski definition) is 1. The largest absolute Gasteiger partial charge is 0.496 e. The van der Waals surface area contributed by atoms with Crippen molar-refractivity contribution in [2.45, 2.75) is 4.87 Å². The molecule has 3 rings (SSSR count). The van der Waals surface area contributed by atoms with Gasteiger partial charge in [0.2, 0.25) is 0 Å². The molecule has 112 valence electrons. The van der Waals surface area contributed by atoms with Crippen LogP contribution in [0.15, 0.2) is 36.4 Å². The van der Waals surface area contributed by atoms with Crippen LogP contribution in [-0.4, -0.2) is 19.3 Å². The van der Waals surface area contributed by atoms with E-state index in [1.54, 1.807) is 36.4 Å². The Bertz CT molecular complexity index is 791. The summed E-state index contributed by atoms with van der Waals surface area (Å²) in [5.74, 6) is 0.0105. The highest BCUT2D eigenvalue weighted by Gasteiger charge is 2.48. The molecule has 4 nitrogen and oxygen atoms in total. The van der Waals surface area contributed by atoms with Gasteiger partial charge in [0.25, 0.3) is 5.91 Å². The van der Waals surface area contributed by atoms with Gasteiger partial charge in [-0.15, -0.1) is 0 Å². The molecule has 22 heavy (non-hydrogen) atoms. The average molecular weight is 336 g/mol. The molecule has 0 bridgehead atoms. The summed E-state index contributed by atoms with van der Waals surface area (Å²) in [6.07, 6.45) is 0.689. The summed E-state index contributed by atoms with van der Waals surface area (Å²) in [5.41, 5.74) is 1.93. The number of carbonyl (C=O) groups excluding carboxylic acids is 2. The highest BCUT2D eigenvalue weighted by Crippen LogP contribution is 2.49. The van der Waals surface area contributed by atoms with E-state index in [0.717, 1.165) is 0 Å². The number of methoxy groups -OCH3 is 1. The molecule has 1 aliphatic heterocycles. The summed E-state index contributed by atoms with van der Waals surface area (Å²) in [5, 5.41) is 3.19. The van der Waals surface area contributed by atoms with Gasteiger partial charge in [-0.05, 0) is 36.4 Å². The van der Waals surface area contributed by atoms with Crippen LogP contribution in [-0.2, 0) is 9.67 Å². The van der Waals surface area contributed by atoms with E-state index in [1.165, 1.54) is 7.11 Å². The molecule has 0 radical (unpaired) electrons. The number of carbonyl (C=O) groups is 2. The number of rotatable bonds is 3. The smallest absolute Gasteiger partial charge is 0.254 e. The number of halogens is 2. The monoisotopic (exact) mass is 335 g/mol. The molecule has 0 aromatic heterocycles. The van der Waals surface area contributed by atoms with E-state index < -0.39 is 10.8 Å². The first kappa shape index (κ1) is 14.9. The van der Waals surface area contributed by atoms with Gasteiger partial charge >= 0.3 is 0 Å². The van der Waals surface area contributed by atoms with Crippen molar-refractivity contribution in [2.75, 3.05) is 12.4 Å². The molecule has 6 heteroatoms. The predicted molar refractivity (Wildman–Crippen MR) is 85.1 cm³/mol. The average Bonchev–Trinajstić information content (AvgIpc) is 2.79. The van der Waals surface area contributed by atoms with Crippen molar-refractivity contribution >= 4 is 41.1 Å². The molecule has 0 fully saturated rings. The van der Waals surface area contributed by atoms with Crippen molar-refractivity contribution in [1.82, 2.24) is 0 Å². The van der Waals surface area contributed by atoms with Crippen molar-refractivity contribution in [1.29, 1.82) is 0 Å². The number of amides is 1. The summed E-state index contributed by atoms with van der Waals surface area (Å²) in [6.45, 7) is 0. The molecule has 1 unspecified atom stereocenters. The SMILES string of the molecule is COc1ccc(C=O)cc1C1(Cl)C(=O)Nc2ccc(Cl)cc21. The second kappa shape index (κ2) is 5.30. The van der Waals surface area contributed by atoms with E-state index in [4.69, 9.17) is 27.9 Å². The number of aldehydes is 1. The van der Waals surface area contributed by atoms with Gasteiger partial charge in [0.1, 0.15) is 12.0 Å². The number of hydrogen-bond acceptors (Lipinski definition) is 3. The predicted octanol–water partition coefficient (Wildman–Crippen LogP) is 3.60. The molecule has 1 atom stereocenters. The highest BCUT2D eigenvalue weighted by molar-refractivity contribution is 6.42. The third-order valence-corrected chi connectivity index (χ3v) is 4.46. The van der Waals surface area contributed by atoms with E-state index in [2.05, 4.69) is 5.32 Å². The van der Waals surface area contributed by atoms with Crippen molar-refractivity contribution in [3.63, 3.8) is 0 Å². The molecule has 0 aliphatic carbocycles. The molecule has 1 N–H and O–H groups in total. The van der Waals surface area contributed by atoms with Crippen LogP contribution in [0.2, 0.25) is 5.02 Å². The molecule has 2 aromatic rings. The third kappa shape index (κ3) is 2.07. The number of fused-ring (bicyclic) bond motifs is 1. The molecular formula is C16H11Cl2NO3. The van der Waals surface area contributed by atoms with Gasteiger partial charge in [-0.25, -0.2) is 0 Å². The van der Waals surface area contributed by atoms with Gasteiger partial charge in [0, 0.05) is 27.4 Å². The number of ether oxygens (including phenoxy) is 1. The molecule has 2 aromatic carbocycles. The molecule has 1 amide bonds. The Morgan fingerprint density at radius 3 is 2.64 bits per heavy atom. The molecular weight excluding hydrogens is 325 g/mol. The minimum Gasteiger partial charge on any atom is -0.496 e. The first-order valence-corrected chi connectivity index (χ1v) is 7.20.